The zero-order chi connectivity index (χ0) is 17.2. The molecule has 3 heterocycles. The van der Waals surface area contributed by atoms with Gasteiger partial charge in [-0.05, 0) is 41.3 Å². The number of hydrogen-bond acceptors (Lipinski definition) is 3. The molecule has 0 aliphatic carbocycles. The second-order valence-corrected chi connectivity index (χ2v) is 5.88. The van der Waals surface area contributed by atoms with Crippen molar-refractivity contribution in [3.05, 3.63) is 72.3 Å². The van der Waals surface area contributed by atoms with Crippen LogP contribution >= 0.6 is 0 Å². The molecule has 3 aromatic heterocycles. The first-order valence-corrected chi connectivity index (χ1v) is 7.98. The van der Waals surface area contributed by atoms with Crippen molar-refractivity contribution >= 4 is 16.8 Å². The topological polar surface area (TPSA) is 75.6 Å². The van der Waals surface area contributed by atoms with Crippen LogP contribution in [0.4, 0.5) is 0 Å². The van der Waals surface area contributed by atoms with Crippen LogP contribution in [0.5, 0.6) is 0 Å². The van der Waals surface area contributed by atoms with E-state index in [2.05, 4.69) is 20.4 Å². The summed E-state index contributed by atoms with van der Waals surface area (Å²) < 4.78 is 1.80. The summed E-state index contributed by atoms with van der Waals surface area (Å²) >= 11 is 0. The van der Waals surface area contributed by atoms with E-state index in [1.165, 1.54) is 0 Å². The molecule has 1 aromatic carbocycles. The predicted octanol–water partition coefficient (Wildman–Crippen LogP) is 2.89. The first kappa shape index (κ1) is 15.1. The number of carbonyl (C=O) groups is 1. The quantitative estimate of drug-likeness (QED) is 0.604. The zero-order valence-corrected chi connectivity index (χ0v) is 13.7. The maximum Gasteiger partial charge on any atom is 0.251 e. The number of aryl methyl sites for hydroxylation is 1. The van der Waals surface area contributed by atoms with Crippen LogP contribution in [0.2, 0.25) is 0 Å². The lowest BCUT2D eigenvalue weighted by molar-refractivity contribution is 0.0951. The summed E-state index contributed by atoms with van der Waals surface area (Å²) in [4.78, 5) is 19.8. The normalized spacial score (nSPS) is 10.9. The van der Waals surface area contributed by atoms with Crippen LogP contribution in [0.25, 0.3) is 22.2 Å². The maximum absolute atomic E-state index is 12.4. The van der Waals surface area contributed by atoms with E-state index in [-0.39, 0.29) is 5.91 Å². The Hall–Kier alpha value is -3.41. The number of aromatic amines is 1. The number of nitrogens with zero attached hydrogens (tertiary/aromatic N) is 3. The number of hydrogen-bond donors (Lipinski definition) is 2. The molecule has 0 unspecified atom stereocenters. The summed E-state index contributed by atoms with van der Waals surface area (Å²) in [5.74, 6) is -0.109. The van der Waals surface area contributed by atoms with Gasteiger partial charge in [0.15, 0.2) is 0 Å². The minimum absolute atomic E-state index is 0.109. The van der Waals surface area contributed by atoms with Gasteiger partial charge >= 0.3 is 0 Å². The van der Waals surface area contributed by atoms with E-state index < -0.39 is 0 Å². The van der Waals surface area contributed by atoms with Gasteiger partial charge in [0.2, 0.25) is 0 Å². The number of benzene rings is 1. The molecular weight excluding hydrogens is 314 g/mol. The molecule has 0 radical (unpaired) electrons. The average molecular weight is 331 g/mol. The molecule has 4 aromatic rings. The molecule has 0 spiro atoms. The number of amides is 1. The lowest BCUT2D eigenvalue weighted by Gasteiger charge is -2.07. The van der Waals surface area contributed by atoms with E-state index in [4.69, 9.17) is 0 Å². The van der Waals surface area contributed by atoms with Gasteiger partial charge in [-0.25, -0.2) is 0 Å². The molecule has 0 saturated heterocycles. The third-order valence-electron chi connectivity index (χ3n) is 4.18. The summed E-state index contributed by atoms with van der Waals surface area (Å²) in [7, 11) is 1.89. The zero-order valence-electron chi connectivity index (χ0n) is 13.7. The molecule has 0 aliphatic rings. The number of fused-ring (bicyclic) bond motifs is 1. The molecule has 25 heavy (non-hydrogen) atoms. The smallest absolute Gasteiger partial charge is 0.251 e. The highest BCUT2D eigenvalue weighted by Crippen LogP contribution is 2.18. The molecule has 0 fully saturated rings. The third-order valence-corrected chi connectivity index (χ3v) is 4.18. The van der Waals surface area contributed by atoms with E-state index in [1.54, 1.807) is 23.3 Å². The van der Waals surface area contributed by atoms with Crippen LogP contribution in [0.15, 0.2) is 61.2 Å². The Kier molecular flexibility index (Phi) is 3.78. The van der Waals surface area contributed by atoms with Crippen LogP contribution in [-0.4, -0.2) is 25.7 Å². The molecule has 4 rings (SSSR count). The summed E-state index contributed by atoms with van der Waals surface area (Å²) in [6, 6.07) is 11.5. The molecule has 6 heteroatoms. The molecule has 0 bridgehead atoms. The van der Waals surface area contributed by atoms with E-state index in [1.807, 2.05) is 49.6 Å². The molecule has 2 N–H and O–H groups in total. The number of nitrogens with one attached hydrogen (secondary N) is 2. The predicted molar refractivity (Wildman–Crippen MR) is 95.9 cm³/mol. The number of pyridine rings is 1. The summed E-state index contributed by atoms with van der Waals surface area (Å²) in [6.07, 6.45) is 7.16. The highest BCUT2D eigenvalue weighted by atomic mass is 16.1. The first-order valence-electron chi connectivity index (χ1n) is 7.98. The van der Waals surface area contributed by atoms with Gasteiger partial charge in [-0.1, -0.05) is 6.07 Å². The Morgan fingerprint density at radius 2 is 2.12 bits per heavy atom. The van der Waals surface area contributed by atoms with Crippen molar-refractivity contribution in [2.45, 2.75) is 6.54 Å². The minimum Gasteiger partial charge on any atom is -0.361 e. The highest BCUT2D eigenvalue weighted by Gasteiger charge is 2.08. The monoisotopic (exact) mass is 331 g/mol. The highest BCUT2D eigenvalue weighted by molar-refractivity contribution is 5.97. The molecule has 0 aliphatic heterocycles. The Balaban J connectivity index is 1.49. The first-order chi connectivity index (χ1) is 12.2. The van der Waals surface area contributed by atoms with E-state index in [9.17, 15) is 4.79 Å². The number of rotatable bonds is 4. The second-order valence-electron chi connectivity index (χ2n) is 5.88. The van der Waals surface area contributed by atoms with Crippen molar-refractivity contribution in [3.63, 3.8) is 0 Å². The van der Waals surface area contributed by atoms with Gasteiger partial charge in [0.25, 0.3) is 5.91 Å². The van der Waals surface area contributed by atoms with Crippen molar-refractivity contribution in [1.82, 2.24) is 25.1 Å². The van der Waals surface area contributed by atoms with Crippen LogP contribution < -0.4 is 5.32 Å². The fourth-order valence-corrected chi connectivity index (χ4v) is 2.85. The van der Waals surface area contributed by atoms with Crippen LogP contribution in [0.1, 0.15) is 15.9 Å². The van der Waals surface area contributed by atoms with E-state index in [0.717, 1.165) is 27.7 Å². The Bertz CT molecular complexity index is 1050. The number of carbonyl (C=O) groups excluding carboxylic acids is 1. The average Bonchev–Trinajstić information content (AvgIpc) is 3.27. The van der Waals surface area contributed by atoms with Crippen LogP contribution in [0.3, 0.4) is 0 Å². The van der Waals surface area contributed by atoms with E-state index >= 15 is 0 Å². The Morgan fingerprint density at radius 3 is 2.96 bits per heavy atom. The SMILES string of the molecule is Cn1nccc1-c1cncc(CNC(=O)c2ccc3cc[nH]c3c2)c1. The third kappa shape index (κ3) is 3.01. The summed E-state index contributed by atoms with van der Waals surface area (Å²) in [5.41, 5.74) is 4.48. The van der Waals surface area contributed by atoms with Gasteiger partial charge in [-0.3, -0.25) is 14.5 Å². The molecule has 1 amide bonds. The molecule has 0 saturated carbocycles. The van der Waals surface area contributed by atoms with Gasteiger partial charge in [0.1, 0.15) is 0 Å². The minimum atomic E-state index is -0.109. The van der Waals surface area contributed by atoms with Gasteiger partial charge < -0.3 is 10.3 Å². The summed E-state index contributed by atoms with van der Waals surface area (Å²) in [6.45, 7) is 0.417. The molecular formula is C19H17N5O. The van der Waals surface area contributed by atoms with Crippen molar-refractivity contribution in [2.24, 2.45) is 7.05 Å². The number of H-pyrrole nitrogens is 1. The fraction of sp³-hybridized carbons (Fsp3) is 0.105. The second kappa shape index (κ2) is 6.24. The van der Waals surface area contributed by atoms with Crippen LogP contribution in [0, 0.1) is 0 Å². The lowest BCUT2D eigenvalue weighted by Crippen LogP contribution is -2.22. The van der Waals surface area contributed by atoms with Gasteiger partial charge in [-0.15, -0.1) is 0 Å². The summed E-state index contributed by atoms with van der Waals surface area (Å²) in [5, 5.41) is 8.20. The fourth-order valence-electron chi connectivity index (χ4n) is 2.85. The maximum atomic E-state index is 12.4. The van der Waals surface area contributed by atoms with Crippen molar-refractivity contribution in [2.75, 3.05) is 0 Å². The van der Waals surface area contributed by atoms with Gasteiger partial charge in [0.05, 0.1) is 5.69 Å². The van der Waals surface area contributed by atoms with Crippen molar-refractivity contribution in [1.29, 1.82) is 0 Å². The molecule has 0 atom stereocenters. The van der Waals surface area contributed by atoms with Gasteiger partial charge in [-0.2, -0.15) is 5.10 Å². The largest absolute Gasteiger partial charge is 0.361 e. The number of aromatic nitrogens is 4. The Morgan fingerprint density at radius 1 is 1.20 bits per heavy atom. The van der Waals surface area contributed by atoms with Gasteiger partial charge in [0, 0.05) is 55.0 Å². The molecule has 124 valence electrons. The van der Waals surface area contributed by atoms with Crippen LogP contribution in [-0.2, 0) is 13.6 Å². The standard InChI is InChI=1S/C19H17N5O/c1-24-18(5-7-23-24)16-8-13(10-20-12-16)11-22-19(25)15-3-2-14-4-6-21-17(14)9-15/h2-10,12,21H,11H2,1H3,(H,22,25). The van der Waals surface area contributed by atoms with Crippen molar-refractivity contribution in [3.8, 4) is 11.3 Å². The lowest BCUT2D eigenvalue weighted by atomic mass is 10.1. The van der Waals surface area contributed by atoms with Crippen molar-refractivity contribution < 1.29 is 4.79 Å². The Labute approximate surface area is 144 Å². The van der Waals surface area contributed by atoms with E-state index in [0.29, 0.717) is 12.1 Å². The molecule has 6 nitrogen and oxygen atoms in total.